The molecule has 0 bridgehead atoms. The van der Waals surface area contributed by atoms with Crippen LogP contribution in [0.5, 0.6) is 0 Å². The zero-order chi connectivity index (χ0) is 10.6. The predicted molar refractivity (Wildman–Crippen MR) is 54.7 cm³/mol. The highest BCUT2D eigenvalue weighted by Gasteiger charge is 2.05. The summed E-state index contributed by atoms with van der Waals surface area (Å²) in [6.45, 7) is 0. The molecule has 0 atom stereocenters. The minimum Gasteiger partial charge on any atom is -0.377 e. The molecule has 0 aliphatic rings. The Morgan fingerprint density at radius 3 is 2.71 bits per heavy atom. The van der Waals surface area contributed by atoms with Crippen molar-refractivity contribution in [2.75, 3.05) is 19.0 Å². The second-order valence-corrected chi connectivity index (χ2v) is 3.33. The van der Waals surface area contributed by atoms with Crippen LogP contribution in [-0.2, 0) is 6.42 Å². The van der Waals surface area contributed by atoms with Gasteiger partial charge in [0.25, 0.3) is 0 Å². The molecule has 0 aromatic heterocycles. The van der Waals surface area contributed by atoms with Gasteiger partial charge in [0.05, 0.1) is 6.07 Å². The normalized spacial score (nSPS) is 9.57. The molecule has 14 heavy (non-hydrogen) atoms. The molecule has 1 aromatic rings. The molecular weight excluding hydrogens is 179 g/mol. The molecule has 0 saturated heterocycles. The Labute approximate surface area is 83.6 Å². The number of hydrogen-bond donors (Lipinski definition) is 0. The van der Waals surface area contributed by atoms with Crippen molar-refractivity contribution in [1.29, 1.82) is 5.26 Å². The van der Waals surface area contributed by atoms with E-state index in [1.165, 1.54) is 12.1 Å². The van der Waals surface area contributed by atoms with Gasteiger partial charge in [0.1, 0.15) is 5.82 Å². The molecule has 3 heteroatoms. The fourth-order valence-corrected chi connectivity index (χ4v) is 1.36. The van der Waals surface area contributed by atoms with Crippen molar-refractivity contribution in [3.05, 3.63) is 29.6 Å². The van der Waals surface area contributed by atoms with Crippen LogP contribution in [0, 0.1) is 17.1 Å². The van der Waals surface area contributed by atoms with E-state index in [9.17, 15) is 4.39 Å². The van der Waals surface area contributed by atoms with E-state index in [0.29, 0.717) is 12.8 Å². The lowest BCUT2D eigenvalue weighted by atomic mass is 10.1. The smallest absolute Gasteiger partial charge is 0.125 e. The van der Waals surface area contributed by atoms with Gasteiger partial charge >= 0.3 is 0 Å². The van der Waals surface area contributed by atoms with E-state index in [1.54, 1.807) is 6.07 Å². The van der Waals surface area contributed by atoms with Gasteiger partial charge in [0.2, 0.25) is 0 Å². The first-order chi connectivity index (χ1) is 6.65. The summed E-state index contributed by atoms with van der Waals surface area (Å²) in [7, 11) is 3.73. The number of hydrogen-bond acceptors (Lipinski definition) is 2. The SMILES string of the molecule is CN(C)c1cc(F)ccc1CCC#N. The molecule has 1 rings (SSSR count). The number of nitrogens with zero attached hydrogens (tertiary/aromatic N) is 2. The fourth-order valence-electron chi connectivity index (χ4n) is 1.36. The number of aryl methyl sites for hydroxylation is 1. The monoisotopic (exact) mass is 192 g/mol. The van der Waals surface area contributed by atoms with Gasteiger partial charge in [-0.1, -0.05) is 6.07 Å². The molecule has 0 heterocycles. The Balaban J connectivity index is 2.97. The molecule has 0 unspecified atom stereocenters. The van der Waals surface area contributed by atoms with Crippen molar-refractivity contribution in [2.24, 2.45) is 0 Å². The average Bonchev–Trinajstić information content (AvgIpc) is 2.15. The van der Waals surface area contributed by atoms with E-state index < -0.39 is 0 Å². The first kappa shape index (κ1) is 10.5. The molecule has 0 spiro atoms. The number of rotatable bonds is 3. The van der Waals surface area contributed by atoms with E-state index in [2.05, 4.69) is 6.07 Å². The summed E-state index contributed by atoms with van der Waals surface area (Å²) in [6, 6.07) is 6.75. The van der Waals surface area contributed by atoms with E-state index in [-0.39, 0.29) is 5.82 Å². The van der Waals surface area contributed by atoms with Crippen molar-refractivity contribution >= 4 is 5.69 Å². The van der Waals surface area contributed by atoms with E-state index in [1.807, 2.05) is 19.0 Å². The fraction of sp³-hybridized carbons (Fsp3) is 0.364. The first-order valence-electron chi connectivity index (χ1n) is 4.48. The predicted octanol–water partition coefficient (Wildman–Crippen LogP) is 2.35. The van der Waals surface area contributed by atoms with Crippen LogP contribution in [0.15, 0.2) is 18.2 Å². The minimum atomic E-state index is -0.241. The van der Waals surface area contributed by atoms with E-state index in [4.69, 9.17) is 5.26 Å². The van der Waals surface area contributed by atoms with Crippen LogP contribution in [0.3, 0.4) is 0 Å². The Kier molecular flexibility index (Phi) is 3.47. The third kappa shape index (κ3) is 2.46. The van der Waals surface area contributed by atoms with Crippen molar-refractivity contribution in [3.63, 3.8) is 0 Å². The van der Waals surface area contributed by atoms with Gasteiger partial charge in [0, 0.05) is 26.2 Å². The summed E-state index contributed by atoms with van der Waals surface area (Å²) < 4.78 is 12.9. The molecule has 0 aliphatic heterocycles. The van der Waals surface area contributed by atoms with Crippen molar-refractivity contribution in [3.8, 4) is 6.07 Å². The maximum Gasteiger partial charge on any atom is 0.125 e. The molecule has 0 saturated carbocycles. The summed E-state index contributed by atoms with van der Waals surface area (Å²) in [5, 5.41) is 8.47. The molecular formula is C11H13FN2. The molecule has 0 aliphatic carbocycles. The largest absolute Gasteiger partial charge is 0.377 e. The summed E-state index contributed by atoms with van der Waals surface area (Å²) in [4.78, 5) is 1.86. The highest BCUT2D eigenvalue weighted by atomic mass is 19.1. The maximum atomic E-state index is 12.9. The van der Waals surface area contributed by atoms with Crippen molar-refractivity contribution in [2.45, 2.75) is 12.8 Å². The molecule has 0 N–H and O–H groups in total. The first-order valence-corrected chi connectivity index (χ1v) is 4.48. The summed E-state index contributed by atoms with van der Waals surface area (Å²) in [6.07, 6.45) is 1.14. The standard InChI is InChI=1S/C11H13FN2/c1-14(2)11-8-10(12)6-5-9(11)4-3-7-13/h5-6,8H,3-4H2,1-2H3. The summed E-state index contributed by atoms with van der Waals surface area (Å²) >= 11 is 0. The molecule has 2 nitrogen and oxygen atoms in total. The Bertz CT molecular complexity index is 353. The Morgan fingerprint density at radius 1 is 1.43 bits per heavy atom. The zero-order valence-corrected chi connectivity index (χ0v) is 8.42. The Hall–Kier alpha value is -1.56. The highest BCUT2D eigenvalue weighted by Crippen LogP contribution is 2.21. The summed E-state index contributed by atoms with van der Waals surface area (Å²) in [5.74, 6) is -0.241. The van der Waals surface area contributed by atoms with E-state index in [0.717, 1.165) is 11.3 Å². The van der Waals surface area contributed by atoms with Crippen LogP contribution >= 0.6 is 0 Å². The van der Waals surface area contributed by atoms with Gasteiger partial charge in [-0.2, -0.15) is 5.26 Å². The number of halogens is 1. The van der Waals surface area contributed by atoms with Gasteiger partial charge in [-0.05, 0) is 24.1 Å². The van der Waals surface area contributed by atoms with Crippen molar-refractivity contribution in [1.82, 2.24) is 0 Å². The molecule has 0 radical (unpaired) electrons. The number of benzene rings is 1. The third-order valence-corrected chi connectivity index (χ3v) is 2.04. The van der Waals surface area contributed by atoms with Gasteiger partial charge in [-0.3, -0.25) is 0 Å². The van der Waals surface area contributed by atoms with Crippen LogP contribution in [0.4, 0.5) is 10.1 Å². The highest BCUT2D eigenvalue weighted by molar-refractivity contribution is 5.52. The van der Waals surface area contributed by atoms with Crippen LogP contribution in [0.25, 0.3) is 0 Å². The second kappa shape index (κ2) is 4.61. The van der Waals surface area contributed by atoms with Crippen LogP contribution in [0.1, 0.15) is 12.0 Å². The maximum absolute atomic E-state index is 12.9. The third-order valence-electron chi connectivity index (χ3n) is 2.04. The van der Waals surface area contributed by atoms with Crippen LogP contribution in [0.2, 0.25) is 0 Å². The minimum absolute atomic E-state index is 0.241. The van der Waals surface area contributed by atoms with Gasteiger partial charge in [0.15, 0.2) is 0 Å². The van der Waals surface area contributed by atoms with Crippen molar-refractivity contribution < 1.29 is 4.39 Å². The van der Waals surface area contributed by atoms with Gasteiger partial charge < -0.3 is 4.90 Å². The average molecular weight is 192 g/mol. The summed E-state index contributed by atoms with van der Waals surface area (Å²) in [5.41, 5.74) is 1.86. The quantitative estimate of drug-likeness (QED) is 0.735. The lowest BCUT2D eigenvalue weighted by Crippen LogP contribution is -2.11. The molecule has 1 aromatic carbocycles. The number of nitriles is 1. The topological polar surface area (TPSA) is 27.0 Å². The van der Waals surface area contributed by atoms with Gasteiger partial charge in [-0.25, -0.2) is 4.39 Å². The molecule has 0 fully saturated rings. The number of anilines is 1. The zero-order valence-electron chi connectivity index (χ0n) is 8.42. The lowest BCUT2D eigenvalue weighted by Gasteiger charge is -2.16. The lowest BCUT2D eigenvalue weighted by molar-refractivity contribution is 0.626. The van der Waals surface area contributed by atoms with E-state index >= 15 is 0 Å². The second-order valence-electron chi connectivity index (χ2n) is 3.33. The molecule has 74 valence electrons. The molecule has 0 amide bonds. The Morgan fingerprint density at radius 2 is 2.14 bits per heavy atom. The van der Waals surface area contributed by atoms with Crippen LogP contribution < -0.4 is 4.90 Å². The van der Waals surface area contributed by atoms with Crippen LogP contribution in [-0.4, -0.2) is 14.1 Å². The van der Waals surface area contributed by atoms with Gasteiger partial charge in [-0.15, -0.1) is 0 Å².